The normalized spacial score (nSPS) is 12.1. The van der Waals surface area contributed by atoms with Gasteiger partial charge in [0.25, 0.3) is 0 Å². The highest BCUT2D eigenvalue weighted by Gasteiger charge is 2.21. The molecular formula is C14H22ClNO4S. The lowest BCUT2D eigenvalue weighted by molar-refractivity contribution is 0.0737. The smallest absolute Gasteiger partial charge is 0.242 e. The molecule has 1 aromatic rings. The molecule has 7 heteroatoms. The fourth-order valence-corrected chi connectivity index (χ4v) is 3.15. The summed E-state index contributed by atoms with van der Waals surface area (Å²) in [7, 11) is -0.501. The summed E-state index contributed by atoms with van der Waals surface area (Å²) in [5.41, 5.74) is 0.645. The number of benzene rings is 1. The number of alkyl halides is 1. The lowest BCUT2D eigenvalue weighted by atomic mass is 10.2. The predicted octanol–water partition coefficient (Wildman–Crippen LogP) is 2.48. The Morgan fingerprint density at radius 1 is 1.33 bits per heavy atom. The molecule has 0 amide bonds. The molecule has 0 unspecified atom stereocenters. The molecule has 0 fully saturated rings. The average molecular weight is 336 g/mol. The van der Waals surface area contributed by atoms with Crippen molar-refractivity contribution in [3.05, 3.63) is 23.8 Å². The third kappa shape index (κ3) is 4.85. The second kappa shape index (κ2) is 7.98. The van der Waals surface area contributed by atoms with Crippen LogP contribution in [0, 0.1) is 0 Å². The Balaban J connectivity index is 2.91. The number of halogens is 1. The average Bonchev–Trinajstić information content (AvgIpc) is 2.45. The first kappa shape index (κ1) is 18.2. The molecule has 0 aromatic heterocycles. The van der Waals surface area contributed by atoms with E-state index in [2.05, 4.69) is 0 Å². The van der Waals surface area contributed by atoms with E-state index in [4.69, 9.17) is 21.1 Å². The summed E-state index contributed by atoms with van der Waals surface area (Å²) < 4.78 is 36.7. The van der Waals surface area contributed by atoms with Crippen molar-refractivity contribution in [3.8, 4) is 5.75 Å². The van der Waals surface area contributed by atoms with Crippen LogP contribution in [0.15, 0.2) is 23.1 Å². The number of methoxy groups -OCH3 is 1. The Morgan fingerprint density at radius 3 is 2.52 bits per heavy atom. The van der Waals surface area contributed by atoms with Crippen LogP contribution in [0.3, 0.4) is 0 Å². The van der Waals surface area contributed by atoms with E-state index in [1.165, 1.54) is 24.5 Å². The standard InChI is InChI=1S/C14H22ClNO4S/c1-11(2)20-8-7-16(3)21(17,18)13-5-6-14(19-4)12(9-13)10-15/h5-6,9,11H,7-8,10H2,1-4H3. The molecule has 0 bridgehead atoms. The Kier molecular flexibility index (Phi) is 6.93. The largest absolute Gasteiger partial charge is 0.496 e. The molecule has 0 saturated carbocycles. The molecular weight excluding hydrogens is 314 g/mol. The van der Waals surface area contributed by atoms with Crippen molar-refractivity contribution in [3.63, 3.8) is 0 Å². The molecule has 120 valence electrons. The zero-order valence-corrected chi connectivity index (χ0v) is 14.4. The van der Waals surface area contributed by atoms with Gasteiger partial charge in [0.2, 0.25) is 10.0 Å². The minimum Gasteiger partial charge on any atom is -0.496 e. The number of ether oxygens (including phenoxy) is 2. The second-order valence-electron chi connectivity index (χ2n) is 4.85. The van der Waals surface area contributed by atoms with Crippen LogP contribution in [0.2, 0.25) is 0 Å². The van der Waals surface area contributed by atoms with Crippen molar-refractivity contribution in [1.29, 1.82) is 0 Å². The van der Waals surface area contributed by atoms with Gasteiger partial charge in [-0.2, -0.15) is 4.31 Å². The number of hydrogen-bond acceptors (Lipinski definition) is 4. The van der Waals surface area contributed by atoms with Crippen LogP contribution in [0.1, 0.15) is 19.4 Å². The molecule has 0 radical (unpaired) electrons. The van der Waals surface area contributed by atoms with E-state index in [1.807, 2.05) is 13.8 Å². The van der Waals surface area contributed by atoms with Crippen LogP contribution in [0.5, 0.6) is 5.75 Å². The fourth-order valence-electron chi connectivity index (χ4n) is 1.74. The number of nitrogens with zero attached hydrogens (tertiary/aromatic N) is 1. The zero-order chi connectivity index (χ0) is 16.0. The van der Waals surface area contributed by atoms with E-state index in [-0.39, 0.29) is 16.9 Å². The first-order chi connectivity index (χ1) is 9.82. The van der Waals surface area contributed by atoms with E-state index in [0.717, 1.165) is 0 Å². The Bertz CT molecular complexity index is 560. The number of sulfonamides is 1. The summed E-state index contributed by atoms with van der Waals surface area (Å²) in [5, 5.41) is 0. The van der Waals surface area contributed by atoms with Crippen LogP contribution >= 0.6 is 11.6 Å². The number of likely N-dealkylation sites (N-methyl/N-ethyl adjacent to an activating group) is 1. The predicted molar refractivity (Wildman–Crippen MR) is 83.5 cm³/mol. The molecule has 0 spiro atoms. The van der Waals surface area contributed by atoms with Gasteiger partial charge in [-0.25, -0.2) is 8.42 Å². The third-order valence-electron chi connectivity index (χ3n) is 2.96. The molecule has 21 heavy (non-hydrogen) atoms. The monoisotopic (exact) mass is 335 g/mol. The van der Waals surface area contributed by atoms with E-state index >= 15 is 0 Å². The zero-order valence-electron chi connectivity index (χ0n) is 12.8. The summed E-state index contributed by atoms with van der Waals surface area (Å²) in [4.78, 5) is 0.200. The summed E-state index contributed by atoms with van der Waals surface area (Å²) in [6.07, 6.45) is 0.0740. The Labute approximate surface area is 131 Å². The highest BCUT2D eigenvalue weighted by atomic mass is 35.5. The molecule has 5 nitrogen and oxygen atoms in total. The first-order valence-electron chi connectivity index (χ1n) is 6.63. The van der Waals surface area contributed by atoms with Gasteiger partial charge >= 0.3 is 0 Å². The molecule has 0 aliphatic rings. The van der Waals surface area contributed by atoms with Crippen molar-refractivity contribution in [1.82, 2.24) is 4.31 Å². The van der Waals surface area contributed by atoms with Crippen molar-refractivity contribution in [2.24, 2.45) is 0 Å². The molecule has 0 N–H and O–H groups in total. The van der Waals surface area contributed by atoms with Gasteiger partial charge in [-0.3, -0.25) is 0 Å². The maximum Gasteiger partial charge on any atom is 0.242 e. The molecule has 0 heterocycles. The summed E-state index contributed by atoms with van der Waals surface area (Å²) in [5.74, 6) is 0.766. The van der Waals surface area contributed by atoms with Crippen molar-refractivity contribution < 1.29 is 17.9 Å². The van der Waals surface area contributed by atoms with Gasteiger partial charge in [0.1, 0.15) is 5.75 Å². The molecule has 0 aliphatic heterocycles. The van der Waals surface area contributed by atoms with Gasteiger partial charge < -0.3 is 9.47 Å². The summed E-state index contributed by atoms with van der Waals surface area (Å²) in [6, 6.07) is 4.67. The fraction of sp³-hybridized carbons (Fsp3) is 0.571. The topological polar surface area (TPSA) is 55.8 Å². The van der Waals surface area contributed by atoms with E-state index in [9.17, 15) is 8.42 Å². The number of hydrogen-bond donors (Lipinski definition) is 0. The van der Waals surface area contributed by atoms with Gasteiger partial charge in [0, 0.05) is 19.2 Å². The molecule has 0 saturated heterocycles. The van der Waals surface area contributed by atoms with Gasteiger partial charge in [0.05, 0.1) is 30.6 Å². The van der Waals surface area contributed by atoms with Crippen LogP contribution < -0.4 is 4.74 Å². The van der Waals surface area contributed by atoms with Crippen molar-refractivity contribution in [2.75, 3.05) is 27.3 Å². The maximum absolute atomic E-state index is 12.5. The quantitative estimate of drug-likeness (QED) is 0.685. The van der Waals surface area contributed by atoms with Crippen molar-refractivity contribution >= 4 is 21.6 Å². The van der Waals surface area contributed by atoms with E-state index < -0.39 is 10.0 Å². The highest BCUT2D eigenvalue weighted by molar-refractivity contribution is 7.89. The minimum atomic E-state index is -3.56. The van der Waals surface area contributed by atoms with Gasteiger partial charge in [-0.15, -0.1) is 11.6 Å². The molecule has 0 aliphatic carbocycles. The lowest BCUT2D eigenvalue weighted by Crippen LogP contribution is -2.31. The van der Waals surface area contributed by atoms with E-state index in [0.29, 0.717) is 24.5 Å². The second-order valence-corrected chi connectivity index (χ2v) is 7.17. The van der Waals surface area contributed by atoms with Crippen LogP contribution in [0.25, 0.3) is 0 Å². The molecule has 0 atom stereocenters. The van der Waals surface area contributed by atoms with Crippen LogP contribution in [-0.4, -0.2) is 46.1 Å². The first-order valence-corrected chi connectivity index (χ1v) is 8.61. The third-order valence-corrected chi connectivity index (χ3v) is 5.10. The van der Waals surface area contributed by atoms with Crippen molar-refractivity contribution in [2.45, 2.75) is 30.7 Å². The lowest BCUT2D eigenvalue weighted by Gasteiger charge is -2.19. The highest BCUT2D eigenvalue weighted by Crippen LogP contribution is 2.25. The van der Waals surface area contributed by atoms with E-state index in [1.54, 1.807) is 12.1 Å². The van der Waals surface area contributed by atoms with Gasteiger partial charge in [-0.1, -0.05) is 0 Å². The number of rotatable bonds is 8. The maximum atomic E-state index is 12.5. The Morgan fingerprint density at radius 2 is 2.00 bits per heavy atom. The minimum absolute atomic E-state index is 0.0740. The van der Waals surface area contributed by atoms with Gasteiger partial charge in [-0.05, 0) is 32.0 Å². The van der Waals surface area contributed by atoms with Gasteiger partial charge in [0.15, 0.2) is 0 Å². The van der Waals surface area contributed by atoms with Crippen LogP contribution in [-0.2, 0) is 20.6 Å². The molecule has 1 rings (SSSR count). The summed E-state index contributed by atoms with van der Waals surface area (Å²) >= 11 is 5.82. The SMILES string of the molecule is COc1ccc(S(=O)(=O)N(C)CCOC(C)C)cc1CCl. The Hall–Kier alpha value is -0.820. The molecule has 1 aromatic carbocycles. The van der Waals surface area contributed by atoms with Crippen LogP contribution in [0.4, 0.5) is 0 Å². The summed E-state index contributed by atoms with van der Waals surface area (Å²) in [6.45, 7) is 4.46.